The molecule has 0 saturated heterocycles. The van der Waals surface area contributed by atoms with Gasteiger partial charge in [0.2, 0.25) is 10.0 Å². The van der Waals surface area contributed by atoms with E-state index in [9.17, 15) is 8.42 Å². The molecule has 0 amide bonds. The summed E-state index contributed by atoms with van der Waals surface area (Å²) in [5.41, 5.74) is 1.24. The van der Waals surface area contributed by atoms with E-state index in [0.29, 0.717) is 5.92 Å². The monoisotopic (exact) mass is 397 g/mol. The molecule has 0 aromatic heterocycles. The molecule has 23 heavy (non-hydrogen) atoms. The first-order valence-electron chi connectivity index (χ1n) is 7.36. The number of rotatable bonds is 7. The SMILES string of the molecule is CC(C)c1ccc(OCCNS(=O)(=O)c2ccc(Br)cc2)cc1. The minimum absolute atomic E-state index is 0.213. The molecule has 0 spiro atoms. The van der Waals surface area contributed by atoms with Gasteiger partial charge >= 0.3 is 0 Å². The molecule has 2 aromatic carbocycles. The Kier molecular flexibility index (Phi) is 6.21. The molecule has 0 unspecified atom stereocenters. The Morgan fingerprint density at radius 1 is 1.04 bits per heavy atom. The Balaban J connectivity index is 1.83. The summed E-state index contributed by atoms with van der Waals surface area (Å²) in [6, 6.07) is 14.3. The van der Waals surface area contributed by atoms with Crippen LogP contribution in [0.2, 0.25) is 0 Å². The molecular weight excluding hydrogens is 378 g/mol. The Labute approximate surface area is 146 Å². The van der Waals surface area contributed by atoms with Crippen molar-refractivity contribution >= 4 is 26.0 Å². The van der Waals surface area contributed by atoms with Crippen molar-refractivity contribution in [3.8, 4) is 5.75 Å². The average molecular weight is 398 g/mol. The summed E-state index contributed by atoms with van der Waals surface area (Å²) in [5.74, 6) is 1.21. The van der Waals surface area contributed by atoms with Crippen molar-refractivity contribution in [2.45, 2.75) is 24.7 Å². The van der Waals surface area contributed by atoms with Gasteiger partial charge in [-0.1, -0.05) is 41.9 Å². The van der Waals surface area contributed by atoms with Gasteiger partial charge in [-0.15, -0.1) is 0 Å². The van der Waals surface area contributed by atoms with Crippen molar-refractivity contribution in [3.05, 3.63) is 58.6 Å². The first-order valence-corrected chi connectivity index (χ1v) is 9.64. The fraction of sp³-hybridized carbons (Fsp3) is 0.294. The largest absolute Gasteiger partial charge is 0.492 e. The third kappa shape index (κ3) is 5.34. The Hall–Kier alpha value is -1.37. The van der Waals surface area contributed by atoms with Crippen molar-refractivity contribution in [3.63, 3.8) is 0 Å². The van der Waals surface area contributed by atoms with Crippen LogP contribution in [0.3, 0.4) is 0 Å². The third-order valence-corrected chi connectivity index (χ3v) is 5.34. The van der Waals surface area contributed by atoms with Crippen LogP contribution in [-0.2, 0) is 10.0 Å². The van der Waals surface area contributed by atoms with E-state index >= 15 is 0 Å². The van der Waals surface area contributed by atoms with E-state index in [4.69, 9.17) is 4.74 Å². The molecule has 4 nitrogen and oxygen atoms in total. The van der Waals surface area contributed by atoms with Crippen LogP contribution in [0.5, 0.6) is 5.75 Å². The highest BCUT2D eigenvalue weighted by atomic mass is 79.9. The maximum Gasteiger partial charge on any atom is 0.240 e. The van der Waals surface area contributed by atoms with Crippen molar-refractivity contribution in [2.75, 3.05) is 13.2 Å². The molecule has 0 atom stereocenters. The summed E-state index contributed by atoms with van der Waals surface area (Å²) in [4.78, 5) is 0.238. The van der Waals surface area contributed by atoms with Gasteiger partial charge in [0.1, 0.15) is 12.4 Å². The standard InChI is InChI=1S/C17H20BrNO3S/c1-13(2)14-3-7-16(8-4-14)22-12-11-19-23(20,21)17-9-5-15(18)6-10-17/h3-10,13,19H,11-12H2,1-2H3. The number of hydrogen-bond donors (Lipinski definition) is 1. The van der Waals surface area contributed by atoms with Crippen LogP contribution in [0.25, 0.3) is 0 Å². The molecule has 0 heterocycles. The molecule has 2 aromatic rings. The van der Waals surface area contributed by atoms with E-state index in [1.54, 1.807) is 24.3 Å². The average Bonchev–Trinajstić information content (AvgIpc) is 2.52. The van der Waals surface area contributed by atoms with Gasteiger partial charge in [0, 0.05) is 11.0 Å². The lowest BCUT2D eigenvalue weighted by Gasteiger charge is -2.10. The molecule has 2 rings (SSSR count). The summed E-state index contributed by atoms with van der Waals surface area (Å²) in [5, 5.41) is 0. The Morgan fingerprint density at radius 3 is 2.22 bits per heavy atom. The van der Waals surface area contributed by atoms with Crippen LogP contribution >= 0.6 is 15.9 Å². The van der Waals surface area contributed by atoms with Gasteiger partial charge in [0.25, 0.3) is 0 Å². The highest BCUT2D eigenvalue weighted by Crippen LogP contribution is 2.18. The molecule has 0 aliphatic carbocycles. The van der Waals surface area contributed by atoms with Gasteiger partial charge in [0.15, 0.2) is 0 Å². The molecule has 0 aliphatic heterocycles. The lowest BCUT2D eigenvalue weighted by molar-refractivity contribution is 0.322. The zero-order chi connectivity index (χ0) is 16.9. The topological polar surface area (TPSA) is 55.4 Å². The predicted octanol–water partition coefficient (Wildman–Crippen LogP) is 3.93. The smallest absolute Gasteiger partial charge is 0.240 e. The van der Waals surface area contributed by atoms with E-state index in [-0.39, 0.29) is 18.0 Å². The van der Waals surface area contributed by atoms with Crippen molar-refractivity contribution in [1.82, 2.24) is 4.72 Å². The molecule has 0 bridgehead atoms. The second-order valence-electron chi connectivity index (χ2n) is 5.42. The molecule has 0 radical (unpaired) electrons. The molecule has 0 aliphatic rings. The van der Waals surface area contributed by atoms with Crippen molar-refractivity contribution < 1.29 is 13.2 Å². The van der Waals surface area contributed by atoms with E-state index in [1.165, 1.54) is 5.56 Å². The highest BCUT2D eigenvalue weighted by molar-refractivity contribution is 9.10. The first-order chi connectivity index (χ1) is 10.9. The maximum absolute atomic E-state index is 12.1. The van der Waals surface area contributed by atoms with Gasteiger partial charge in [-0.05, 0) is 47.9 Å². The van der Waals surface area contributed by atoms with E-state index in [1.807, 2.05) is 24.3 Å². The molecule has 6 heteroatoms. The van der Waals surface area contributed by atoms with Crippen LogP contribution in [-0.4, -0.2) is 21.6 Å². The molecule has 124 valence electrons. The van der Waals surface area contributed by atoms with Gasteiger partial charge in [-0.2, -0.15) is 0 Å². The summed E-state index contributed by atoms with van der Waals surface area (Å²) in [6.45, 7) is 4.75. The molecular formula is C17H20BrNO3S. The lowest BCUT2D eigenvalue weighted by atomic mass is 10.0. The van der Waals surface area contributed by atoms with Gasteiger partial charge < -0.3 is 4.74 Å². The van der Waals surface area contributed by atoms with E-state index in [2.05, 4.69) is 34.5 Å². The summed E-state index contributed by atoms with van der Waals surface area (Å²) < 4.78 is 33.1. The van der Waals surface area contributed by atoms with Gasteiger partial charge in [-0.3, -0.25) is 0 Å². The van der Waals surface area contributed by atoms with Crippen LogP contribution in [0.1, 0.15) is 25.3 Å². The quantitative estimate of drug-likeness (QED) is 0.719. The van der Waals surface area contributed by atoms with Crippen LogP contribution < -0.4 is 9.46 Å². The Morgan fingerprint density at radius 2 is 1.65 bits per heavy atom. The second kappa shape index (κ2) is 7.95. The Bertz CT molecular complexity index is 725. The fourth-order valence-corrected chi connectivity index (χ4v) is 3.27. The number of halogens is 1. The maximum atomic E-state index is 12.1. The third-order valence-electron chi connectivity index (χ3n) is 3.33. The van der Waals surface area contributed by atoms with Crippen LogP contribution in [0.15, 0.2) is 57.9 Å². The summed E-state index contributed by atoms with van der Waals surface area (Å²) >= 11 is 3.28. The minimum Gasteiger partial charge on any atom is -0.492 e. The van der Waals surface area contributed by atoms with Crippen molar-refractivity contribution in [2.24, 2.45) is 0 Å². The molecule has 0 saturated carbocycles. The van der Waals surface area contributed by atoms with Crippen molar-refractivity contribution in [1.29, 1.82) is 0 Å². The summed E-state index contributed by atoms with van der Waals surface area (Å²) in [7, 11) is -3.50. The first kappa shape index (κ1) is 18.0. The van der Waals surface area contributed by atoms with E-state index < -0.39 is 10.0 Å². The normalized spacial score (nSPS) is 11.7. The zero-order valence-electron chi connectivity index (χ0n) is 13.1. The number of benzene rings is 2. The van der Waals surface area contributed by atoms with Gasteiger partial charge in [-0.25, -0.2) is 13.1 Å². The zero-order valence-corrected chi connectivity index (χ0v) is 15.5. The van der Waals surface area contributed by atoms with Gasteiger partial charge in [0.05, 0.1) is 4.90 Å². The minimum atomic E-state index is -3.50. The lowest BCUT2D eigenvalue weighted by Crippen LogP contribution is -2.28. The molecule has 1 N–H and O–H groups in total. The number of hydrogen-bond acceptors (Lipinski definition) is 3. The fourth-order valence-electron chi connectivity index (χ4n) is 1.99. The number of ether oxygens (including phenoxy) is 1. The van der Waals surface area contributed by atoms with Crippen LogP contribution in [0.4, 0.5) is 0 Å². The number of nitrogens with one attached hydrogen (secondary N) is 1. The predicted molar refractivity (Wildman–Crippen MR) is 95.4 cm³/mol. The number of sulfonamides is 1. The second-order valence-corrected chi connectivity index (χ2v) is 8.11. The summed E-state index contributed by atoms with van der Waals surface area (Å²) in [6.07, 6.45) is 0. The van der Waals surface area contributed by atoms with Crippen LogP contribution in [0, 0.1) is 0 Å². The highest BCUT2D eigenvalue weighted by Gasteiger charge is 2.12. The molecule has 0 fully saturated rings. The van der Waals surface area contributed by atoms with E-state index in [0.717, 1.165) is 10.2 Å².